The van der Waals surface area contributed by atoms with E-state index in [9.17, 15) is 9.18 Å². The first-order chi connectivity index (χ1) is 13.6. The molecule has 1 aliphatic heterocycles. The number of hydrogen-bond donors (Lipinski definition) is 3. The summed E-state index contributed by atoms with van der Waals surface area (Å²) in [4.78, 5) is 19.3. The van der Waals surface area contributed by atoms with Crippen molar-refractivity contribution in [2.24, 2.45) is 0 Å². The maximum absolute atomic E-state index is 13.2. The predicted octanol–water partition coefficient (Wildman–Crippen LogP) is 3.19. The second-order valence-electron chi connectivity index (χ2n) is 6.51. The van der Waals surface area contributed by atoms with Gasteiger partial charge in [-0.15, -0.1) is 11.3 Å². The van der Waals surface area contributed by atoms with Gasteiger partial charge in [0.15, 0.2) is 5.01 Å². The number of rotatable bonds is 4. The van der Waals surface area contributed by atoms with Crippen LogP contribution < -0.4 is 21.3 Å². The molecule has 0 atom stereocenters. The van der Waals surface area contributed by atoms with Crippen LogP contribution in [0.5, 0.6) is 0 Å². The predicted molar refractivity (Wildman–Crippen MR) is 111 cm³/mol. The molecule has 8 heteroatoms. The van der Waals surface area contributed by atoms with Crippen molar-refractivity contribution in [2.45, 2.75) is 0 Å². The molecule has 0 spiro atoms. The van der Waals surface area contributed by atoms with Crippen LogP contribution in [0.3, 0.4) is 0 Å². The van der Waals surface area contributed by atoms with Gasteiger partial charge in [0.1, 0.15) is 11.6 Å². The molecule has 0 radical (unpaired) electrons. The number of nitrogens with two attached hydrogens (primary N) is 1. The highest BCUT2D eigenvalue weighted by Gasteiger charge is 2.18. The monoisotopic (exact) mass is 397 g/mol. The highest BCUT2D eigenvalue weighted by atomic mass is 32.1. The number of thiazole rings is 1. The lowest BCUT2D eigenvalue weighted by molar-refractivity contribution is 0.102. The Morgan fingerprint density at radius 2 is 1.86 bits per heavy atom. The van der Waals surface area contributed by atoms with Crippen molar-refractivity contribution in [1.82, 2.24) is 10.3 Å². The molecule has 4 rings (SSSR count). The Morgan fingerprint density at radius 3 is 2.61 bits per heavy atom. The molecular formula is C20H20FN5OS. The number of halogens is 1. The number of benzene rings is 2. The van der Waals surface area contributed by atoms with Crippen molar-refractivity contribution >= 4 is 34.4 Å². The van der Waals surface area contributed by atoms with E-state index in [0.29, 0.717) is 16.4 Å². The molecule has 0 bridgehead atoms. The van der Waals surface area contributed by atoms with Crippen molar-refractivity contribution < 1.29 is 9.18 Å². The van der Waals surface area contributed by atoms with E-state index in [2.05, 4.69) is 20.5 Å². The lowest BCUT2D eigenvalue weighted by Gasteiger charge is -2.27. The average molecular weight is 397 g/mol. The van der Waals surface area contributed by atoms with Gasteiger partial charge in [0.2, 0.25) is 0 Å². The highest BCUT2D eigenvalue weighted by Crippen LogP contribution is 2.28. The van der Waals surface area contributed by atoms with Gasteiger partial charge in [0.25, 0.3) is 5.91 Å². The van der Waals surface area contributed by atoms with Gasteiger partial charge in [-0.25, -0.2) is 9.37 Å². The molecule has 4 N–H and O–H groups in total. The Hall–Kier alpha value is -2.97. The van der Waals surface area contributed by atoms with Crippen LogP contribution in [0.2, 0.25) is 0 Å². The molecule has 2 heterocycles. The third-order valence-corrected chi connectivity index (χ3v) is 5.43. The largest absolute Gasteiger partial charge is 0.397 e. The minimum absolute atomic E-state index is 0.295. The number of amides is 1. The fraction of sp³-hybridized carbons (Fsp3) is 0.200. The maximum atomic E-state index is 13.2. The molecule has 1 aromatic heterocycles. The molecule has 144 valence electrons. The lowest BCUT2D eigenvalue weighted by Crippen LogP contribution is -2.43. The van der Waals surface area contributed by atoms with E-state index >= 15 is 0 Å². The van der Waals surface area contributed by atoms with Crippen molar-refractivity contribution in [2.75, 3.05) is 42.1 Å². The molecule has 1 saturated heterocycles. The SMILES string of the molecule is Nc1ccc(-c2ccc(F)cc2)cc1NC(=O)c1nc(N2CCNCC2)cs1. The molecular weight excluding hydrogens is 377 g/mol. The quantitative estimate of drug-likeness (QED) is 0.589. The fourth-order valence-electron chi connectivity index (χ4n) is 3.07. The zero-order valence-corrected chi connectivity index (χ0v) is 15.9. The number of aromatic nitrogens is 1. The Kier molecular flexibility index (Phi) is 5.23. The zero-order chi connectivity index (χ0) is 19.5. The molecule has 6 nitrogen and oxygen atoms in total. The van der Waals surface area contributed by atoms with Gasteiger partial charge in [-0.2, -0.15) is 0 Å². The summed E-state index contributed by atoms with van der Waals surface area (Å²) < 4.78 is 13.2. The number of nitrogens with one attached hydrogen (secondary N) is 2. The number of hydrogen-bond acceptors (Lipinski definition) is 6. The van der Waals surface area contributed by atoms with Gasteiger partial charge in [-0.05, 0) is 35.4 Å². The third kappa shape index (κ3) is 3.97. The maximum Gasteiger partial charge on any atom is 0.284 e. The van der Waals surface area contributed by atoms with E-state index in [4.69, 9.17) is 5.73 Å². The summed E-state index contributed by atoms with van der Waals surface area (Å²) in [6.07, 6.45) is 0. The molecule has 28 heavy (non-hydrogen) atoms. The van der Waals surface area contributed by atoms with Crippen LogP contribution in [-0.2, 0) is 0 Å². The minimum Gasteiger partial charge on any atom is -0.397 e. The van der Waals surface area contributed by atoms with Crippen molar-refractivity contribution in [1.29, 1.82) is 0 Å². The Bertz CT molecular complexity index is 983. The summed E-state index contributed by atoms with van der Waals surface area (Å²) in [6, 6.07) is 11.5. The number of carbonyl (C=O) groups excluding carboxylic acids is 1. The average Bonchev–Trinajstić information content (AvgIpc) is 3.21. The second kappa shape index (κ2) is 7.95. The van der Waals surface area contributed by atoms with Crippen molar-refractivity contribution in [3.8, 4) is 11.1 Å². The second-order valence-corrected chi connectivity index (χ2v) is 7.37. The molecule has 0 unspecified atom stereocenters. The first-order valence-electron chi connectivity index (χ1n) is 8.98. The number of nitrogen functional groups attached to an aromatic ring is 1. The zero-order valence-electron chi connectivity index (χ0n) is 15.1. The molecule has 0 aliphatic carbocycles. The topological polar surface area (TPSA) is 83.3 Å². The van der Waals surface area contributed by atoms with Crippen LogP contribution in [0, 0.1) is 5.82 Å². The van der Waals surface area contributed by atoms with Crippen LogP contribution >= 0.6 is 11.3 Å². The van der Waals surface area contributed by atoms with Gasteiger partial charge in [0.05, 0.1) is 11.4 Å². The van der Waals surface area contributed by atoms with E-state index in [-0.39, 0.29) is 11.7 Å². The summed E-state index contributed by atoms with van der Waals surface area (Å²) in [5.41, 5.74) is 8.67. The first kappa shape index (κ1) is 18.4. The first-order valence-corrected chi connectivity index (χ1v) is 9.86. The minimum atomic E-state index is -0.297. The van der Waals surface area contributed by atoms with Crippen molar-refractivity contribution in [3.63, 3.8) is 0 Å². The Balaban J connectivity index is 1.52. The van der Waals surface area contributed by atoms with E-state index in [1.807, 2.05) is 11.4 Å². The van der Waals surface area contributed by atoms with Crippen LogP contribution in [0.4, 0.5) is 21.6 Å². The van der Waals surface area contributed by atoms with E-state index in [1.54, 1.807) is 24.3 Å². The normalized spacial score (nSPS) is 14.1. The number of nitrogens with zero attached hydrogens (tertiary/aromatic N) is 2. The summed E-state index contributed by atoms with van der Waals surface area (Å²) in [5.74, 6) is 0.232. The fourth-order valence-corrected chi connectivity index (χ4v) is 3.79. The highest BCUT2D eigenvalue weighted by molar-refractivity contribution is 7.12. The Morgan fingerprint density at radius 1 is 1.14 bits per heavy atom. The molecule has 1 aliphatic rings. The van der Waals surface area contributed by atoms with Crippen LogP contribution in [0.1, 0.15) is 9.80 Å². The molecule has 1 fully saturated rings. The van der Waals surface area contributed by atoms with E-state index < -0.39 is 0 Å². The summed E-state index contributed by atoms with van der Waals surface area (Å²) >= 11 is 1.31. The molecule has 1 amide bonds. The summed E-state index contributed by atoms with van der Waals surface area (Å²) in [7, 11) is 0. The van der Waals surface area contributed by atoms with Crippen LogP contribution in [-0.4, -0.2) is 37.1 Å². The van der Waals surface area contributed by atoms with Crippen molar-refractivity contribution in [3.05, 3.63) is 58.7 Å². The lowest BCUT2D eigenvalue weighted by atomic mass is 10.0. The van der Waals surface area contributed by atoms with Gasteiger partial charge >= 0.3 is 0 Å². The molecule has 0 saturated carbocycles. The van der Waals surface area contributed by atoms with Gasteiger partial charge in [-0.1, -0.05) is 18.2 Å². The summed E-state index contributed by atoms with van der Waals surface area (Å²) in [5, 5.41) is 8.43. The van der Waals surface area contributed by atoms with Gasteiger partial charge in [0, 0.05) is 31.6 Å². The van der Waals surface area contributed by atoms with Gasteiger partial charge < -0.3 is 21.3 Å². The number of carbonyl (C=O) groups is 1. The van der Waals surface area contributed by atoms with Crippen LogP contribution in [0.15, 0.2) is 47.8 Å². The van der Waals surface area contributed by atoms with Gasteiger partial charge in [-0.3, -0.25) is 4.79 Å². The van der Waals surface area contributed by atoms with Crippen LogP contribution in [0.25, 0.3) is 11.1 Å². The standard InChI is InChI=1S/C20H20FN5OS/c21-15-4-1-13(2-5-15)14-3-6-16(22)17(11-14)24-19(27)20-25-18(12-28-20)26-9-7-23-8-10-26/h1-6,11-12,23H,7-10,22H2,(H,24,27). The van der Waals surface area contributed by atoms with E-state index in [0.717, 1.165) is 43.1 Å². The number of piperazine rings is 1. The molecule has 2 aromatic carbocycles. The Labute approximate surface area is 166 Å². The van der Waals surface area contributed by atoms with E-state index in [1.165, 1.54) is 23.5 Å². The number of anilines is 3. The smallest absolute Gasteiger partial charge is 0.284 e. The molecule has 3 aromatic rings. The summed E-state index contributed by atoms with van der Waals surface area (Å²) in [6.45, 7) is 3.56. The third-order valence-electron chi connectivity index (χ3n) is 4.61.